The van der Waals surface area contributed by atoms with E-state index in [4.69, 9.17) is 34.8 Å². The van der Waals surface area contributed by atoms with Crippen molar-refractivity contribution in [2.75, 3.05) is 0 Å². The lowest BCUT2D eigenvalue weighted by molar-refractivity contribution is 1.10. The zero-order valence-electron chi connectivity index (χ0n) is 7.05. The molecule has 0 aliphatic rings. The van der Waals surface area contributed by atoms with Crippen LogP contribution >= 0.6 is 34.8 Å². The van der Waals surface area contributed by atoms with E-state index in [0.717, 1.165) is 10.8 Å². The van der Waals surface area contributed by atoms with Gasteiger partial charge in [0.1, 0.15) is 0 Å². The van der Waals surface area contributed by atoms with Gasteiger partial charge in [0.05, 0.1) is 5.69 Å². The maximum Gasteiger partial charge on any atom is 0.232 e. The van der Waals surface area contributed by atoms with Gasteiger partial charge in [0.15, 0.2) is 0 Å². The van der Waals surface area contributed by atoms with Crippen molar-refractivity contribution in [3.05, 3.63) is 42.2 Å². The fourth-order valence-electron chi connectivity index (χ4n) is 1.24. The second-order valence-corrected chi connectivity index (χ2v) is 5.20. The van der Waals surface area contributed by atoms with Gasteiger partial charge in [-0.1, -0.05) is 59.1 Å². The predicted molar refractivity (Wildman–Crippen MR) is 61.0 cm³/mol. The first kappa shape index (κ1) is 10.0. The highest BCUT2D eigenvalue weighted by Crippen LogP contribution is 2.37. The van der Waals surface area contributed by atoms with Crippen molar-refractivity contribution in [3.8, 4) is 0 Å². The van der Waals surface area contributed by atoms with Gasteiger partial charge in [0.2, 0.25) is 3.79 Å². The van der Waals surface area contributed by atoms with Gasteiger partial charge in [-0.2, -0.15) is 0 Å². The number of halogens is 3. The highest BCUT2D eigenvalue weighted by Gasteiger charge is 2.24. The van der Waals surface area contributed by atoms with Gasteiger partial charge in [0.25, 0.3) is 0 Å². The van der Waals surface area contributed by atoms with Crippen molar-refractivity contribution in [2.45, 2.75) is 3.79 Å². The Balaban J connectivity index is 2.63. The van der Waals surface area contributed by atoms with E-state index in [0.29, 0.717) is 5.69 Å². The van der Waals surface area contributed by atoms with Crippen molar-refractivity contribution in [1.29, 1.82) is 0 Å². The molecule has 2 rings (SSSR count). The molecule has 0 aliphatic heterocycles. The topological polar surface area (TPSA) is 12.9 Å². The molecule has 0 atom stereocenters. The van der Waals surface area contributed by atoms with Crippen molar-refractivity contribution in [1.82, 2.24) is 4.98 Å². The smallest absolute Gasteiger partial charge is 0.232 e. The van der Waals surface area contributed by atoms with Crippen LogP contribution < -0.4 is 0 Å². The van der Waals surface area contributed by atoms with Crippen LogP contribution in [0.2, 0.25) is 0 Å². The number of benzene rings is 1. The van der Waals surface area contributed by atoms with Crippen LogP contribution in [-0.2, 0) is 3.79 Å². The molecule has 2 aromatic rings. The van der Waals surface area contributed by atoms with Crippen LogP contribution in [0, 0.1) is 0 Å². The molecule has 4 heteroatoms. The Morgan fingerprint density at radius 1 is 1.00 bits per heavy atom. The number of pyridine rings is 1. The molecule has 0 amide bonds. The second-order valence-electron chi connectivity index (χ2n) is 2.91. The summed E-state index contributed by atoms with van der Waals surface area (Å²) in [7, 11) is 0. The predicted octanol–water partition coefficient (Wildman–Crippen LogP) is 4.06. The number of rotatable bonds is 0. The summed E-state index contributed by atoms with van der Waals surface area (Å²) in [5, 5.41) is 2.05. The van der Waals surface area contributed by atoms with E-state index < -0.39 is 3.79 Å². The Morgan fingerprint density at radius 3 is 2.29 bits per heavy atom. The van der Waals surface area contributed by atoms with Crippen LogP contribution in [0.5, 0.6) is 0 Å². The molecule has 14 heavy (non-hydrogen) atoms. The lowest BCUT2D eigenvalue weighted by atomic mass is 10.1. The number of aromatic nitrogens is 1. The lowest BCUT2D eigenvalue weighted by Crippen LogP contribution is -2.02. The van der Waals surface area contributed by atoms with Crippen molar-refractivity contribution in [2.24, 2.45) is 0 Å². The summed E-state index contributed by atoms with van der Waals surface area (Å²) in [5.41, 5.74) is 0.446. The van der Waals surface area contributed by atoms with Crippen LogP contribution in [0.15, 0.2) is 36.5 Å². The third-order valence-corrected chi connectivity index (χ3v) is 2.50. The fraction of sp³-hybridized carbons (Fsp3) is 0.100. The molecule has 0 spiro atoms. The molecule has 72 valence electrons. The van der Waals surface area contributed by atoms with Gasteiger partial charge >= 0.3 is 0 Å². The van der Waals surface area contributed by atoms with Crippen molar-refractivity contribution >= 4 is 45.6 Å². The minimum atomic E-state index is -1.45. The Kier molecular flexibility index (Phi) is 2.56. The van der Waals surface area contributed by atoms with Gasteiger partial charge in [0, 0.05) is 11.6 Å². The van der Waals surface area contributed by atoms with Crippen molar-refractivity contribution in [3.63, 3.8) is 0 Å². The van der Waals surface area contributed by atoms with Crippen LogP contribution in [0.3, 0.4) is 0 Å². The number of alkyl halides is 3. The highest BCUT2D eigenvalue weighted by molar-refractivity contribution is 6.66. The fourth-order valence-corrected chi connectivity index (χ4v) is 1.55. The zero-order valence-corrected chi connectivity index (χ0v) is 9.31. The number of hydrogen-bond acceptors (Lipinski definition) is 1. The molecule has 0 N–H and O–H groups in total. The van der Waals surface area contributed by atoms with Gasteiger partial charge in [-0.05, 0) is 11.5 Å². The van der Waals surface area contributed by atoms with E-state index in [9.17, 15) is 0 Å². The molecule has 0 saturated heterocycles. The van der Waals surface area contributed by atoms with Crippen LogP contribution in [0.1, 0.15) is 5.69 Å². The Labute approximate surface area is 96.6 Å². The highest BCUT2D eigenvalue weighted by atomic mass is 35.6. The summed E-state index contributed by atoms with van der Waals surface area (Å²) < 4.78 is -1.45. The van der Waals surface area contributed by atoms with Gasteiger partial charge in [-0.25, -0.2) is 0 Å². The van der Waals surface area contributed by atoms with Gasteiger partial charge in [-0.3, -0.25) is 4.98 Å². The molecule has 1 heterocycles. The summed E-state index contributed by atoms with van der Waals surface area (Å²) in [5.74, 6) is 0. The summed E-state index contributed by atoms with van der Waals surface area (Å²) in [6.45, 7) is 0. The summed E-state index contributed by atoms with van der Waals surface area (Å²) >= 11 is 17.2. The summed E-state index contributed by atoms with van der Waals surface area (Å²) in [6, 6.07) is 9.58. The third-order valence-electron chi connectivity index (χ3n) is 1.92. The lowest BCUT2D eigenvalue weighted by Gasteiger charge is -2.10. The molecule has 0 bridgehead atoms. The first-order valence-electron chi connectivity index (χ1n) is 3.99. The largest absolute Gasteiger partial charge is 0.256 e. The molecule has 0 radical (unpaired) electrons. The molecule has 0 unspecified atom stereocenters. The molecule has 1 nitrogen and oxygen atoms in total. The second kappa shape index (κ2) is 3.58. The quantitative estimate of drug-likeness (QED) is 0.639. The first-order chi connectivity index (χ1) is 6.57. The Morgan fingerprint density at radius 2 is 1.64 bits per heavy atom. The molecule has 1 aromatic heterocycles. The summed E-state index contributed by atoms with van der Waals surface area (Å²) in [4.78, 5) is 4.08. The van der Waals surface area contributed by atoms with Gasteiger partial charge in [-0.15, -0.1) is 0 Å². The Bertz CT molecular complexity index is 462. The van der Waals surface area contributed by atoms with E-state index in [1.54, 1.807) is 12.3 Å². The SMILES string of the molecule is ClC(Cl)(Cl)c1cc2ccccc2cn1. The molecule has 0 aliphatic carbocycles. The molecular weight excluding hydrogens is 240 g/mol. The average molecular weight is 247 g/mol. The van der Waals surface area contributed by atoms with E-state index in [1.165, 1.54) is 0 Å². The van der Waals surface area contributed by atoms with Crippen LogP contribution in [0.4, 0.5) is 0 Å². The van der Waals surface area contributed by atoms with E-state index in [2.05, 4.69) is 4.98 Å². The molecule has 0 fully saturated rings. The Hall–Kier alpha value is -0.500. The van der Waals surface area contributed by atoms with E-state index in [1.807, 2.05) is 24.3 Å². The zero-order chi connectivity index (χ0) is 10.2. The monoisotopic (exact) mass is 245 g/mol. The minimum Gasteiger partial charge on any atom is -0.256 e. The third kappa shape index (κ3) is 1.95. The standard InChI is InChI=1S/C10H6Cl3N/c11-10(12,13)9-5-7-3-1-2-4-8(7)6-14-9/h1-6H. The van der Waals surface area contributed by atoms with Crippen molar-refractivity contribution < 1.29 is 0 Å². The number of hydrogen-bond donors (Lipinski definition) is 0. The average Bonchev–Trinajstić information content (AvgIpc) is 2.16. The van der Waals surface area contributed by atoms with Gasteiger partial charge < -0.3 is 0 Å². The normalized spacial score (nSPS) is 11.9. The van der Waals surface area contributed by atoms with E-state index in [-0.39, 0.29) is 0 Å². The maximum absolute atomic E-state index is 5.73. The summed E-state index contributed by atoms with van der Waals surface area (Å²) in [6.07, 6.45) is 1.70. The maximum atomic E-state index is 5.73. The first-order valence-corrected chi connectivity index (χ1v) is 5.13. The number of fused-ring (bicyclic) bond motifs is 1. The van der Waals surface area contributed by atoms with E-state index >= 15 is 0 Å². The minimum absolute atomic E-state index is 0.446. The number of nitrogens with zero attached hydrogens (tertiary/aromatic N) is 1. The molecular formula is C10H6Cl3N. The van der Waals surface area contributed by atoms with Crippen LogP contribution in [-0.4, -0.2) is 4.98 Å². The molecule has 0 saturated carbocycles. The molecule has 1 aromatic carbocycles. The van der Waals surface area contributed by atoms with Crippen LogP contribution in [0.25, 0.3) is 10.8 Å².